The second kappa shape index (κ2) is 9.74. The Bertz CT molecular complexity index is 1070. The summed E-state index contributed by atoms with van der Waals surface area (Å²) in [5.74, 6) is -1.14. The van der Waals surface area contributed by atoms with Crippen LogP contribution in [0.3, 0.4) is 0 Å². The van der Waals surface area contributed by atoms with Gasteiger partial charge in [0.1, 0.15) is 5.75 Å². The quantitative estimate of drug-likeness (QED) is 0.449. The highest BCUT2D eigenvalue weighted by Gasteiger charge is 2.18. The van der Waals surface area contributed by atoms with Crippen LogP contribution in [0.1, 0.15) is 24.2 Å². The summed E-state index contributed by atoms with van der Waals surface area (Å²) in [5.41, 5.74) is 0.485. The van der Waals surface area contributed by atoms with E-state index in [1.165, 1.54) is 37.3 Å². The fourth-order valence-corrected chi connectivity index (χ4v) is 2.94. The number of benzene rings is 2. The number of anilines is 3. The SMILES string of the molecule is CCOC(=O)Nc1cccc(OC(=O)c2cc(NC(C)=O)ccc2NS(C)(=O)=O)c1. The summed E-state index contributed by atoms with van der Waals surface area (Å²) >= 11 is 0. The fourth-order valence-electron chi connectivity index (χ4n) is 2.37. The van der Waals surface area contributed by atoms with Gasteiger partial charge in [-0.15, -0.1) is 0 Å². The third-order valence-electron chi connectivity index (χ3n) is 3.42. The molecule has 10 nitrogen and oxygen atoms in total. The highest BCUT2D eigenvalue weighted by Crippen LogP contribution is 2.25. The zero-order valence-electron chi connectivity index (χ0n) is 16.5. The molecule has 0 saturated heterocycles. The number of ether oxygens (including phenoxy) is 2. The topological polar surface area (TPSA) is 140 Å². The van der Waals surface area contributed by atoms with Crippen molar-refractivity contribution in [1.29, 1.82) is 0 Å². The predicted octanol–water partition coefficient (Wildman–Crippen LogP) is 2.80. The van der Waals surface area contributed by atoms with Crippen molar-refractivity contribution in [1.82, 2.24) is 0 Å². The molecule has 0 unspecified atom stereocenters. The van der Waals surface area contributed by atoms with E-state index >= 15 is 0 Å². The Morgan fingerprint density at radius 2 is 1.70 bits per heavy atom. The Morgan fingerprint density at radius 1 is 1.00 bits per heavy atom. The maximum Gasteiger partial charge on any atom is 0.411 e. The van der Waals surface area contributed by atoms with E-state index in [1.807, 2.05) is 0 Å². The Balaban J connectivity index is 2.30. The van der Waals surface area contributed by atoms with E-state index in [2.05, 4.69) is 15.4 Å². The van der Waals surface area contributed by atoms with Crippen LogP contribution < -0.4 is 20.1 Å². The number of sulfonamides is 1. The van der Waals surface area contributed by atoms with Crippen LogP contribution in [0.4, 0.5) is 21.9 Å². The monoisotopic (exact) mass is 435 g/mol. The van der Waals surface area contributed by atoms with E-state index in [0.29, 0.717) is 5.69 Å². The average molecular weight is 435 g/mol. The Kier molecular flexibility index (Phi) is 7.37. The molecule has 2 aromatic rings. The van der Waals surface area contributed by atoms with Gasteiger partial charge in [-0.25, -0.2) is 18.0 Å². The van der Waals surface area contributed by atoms with Gasteiger partial charge in [-0.1, -0.05) is 6.07 Å². The molecule has 2 amide bonds. The van der Waals surface area contributed by atoms with Gasteiger partial charge in [0.05, 0.1) is 24.1 Å². The molecule has 0 aliphatic rings. The standard InChI is InChI=1S/C19H21N3O7S/c1-4-28-19(25)21-13-6-5-7-15(10-13)29-18(24)16-11-14(20-12(2)23)8-9-17(16)22-30(3,26)27/h5-11,22H,4H2,1-3H3,(H,20,23)(H,21,25). The molecule has 0 atom stereocenters. The molecule has 3 N–H and O–H groups in total. The third-order valence-corrected chi connectivity index (χ3v) is 4.01. The molecule has 2 rings (SSSR count). The fraction of sp³-hybridized carbons (Fsp3) is 0.211. The normalized spacial score (nSPS) is 10.6. The molecule has 0 aromatic heterocycles. The van der Waals surface area contributed by atoms with E-state index in [-0.39, 0.29) is 35.2 Å². The largest absolute Gasteiger partial charge is 0.450 e. The van der Waals surface area contributed by atoms with Crippen LogP contribution in [0.5, 0.6) is 5.75 Å². The molecule has 0 saturated carbocycles. The van der Waals surface area contributed by atoms with E-state index in [4.69, 9.17) is 9.47 Å². The number of carbonyl (C=O) groups excluding carboxylic acids is 3. The van der Waals surface area contributed by atoms with Gasteiger partial charge in [0.15, 0.2) is 0 Å². The van der Waals surface area contributed by atoms with Gasteiger partial charge in [0.25, 0.3) is 0 Å². The number of hydrogen-bond acceptors (Lipinski definition) is 7. The molecule has 0 heterocycles. The summed E-state index contributed by atoms with van der Waals surface area (Å²) in [7, 11) is -3.67. The Hall–Kier alpha value is -3.60. The van der Waals surface area contributed by atoms with Crippen molar-refractivity contribution in [3.63, 3.8) is 0 Å². The minimum atomic E-state index is -3.67. The van der Waals surface area contributed by atoms with E-state index < -0.39 is 22.1 Å². The number of carbonyl (C=O) groups is 3. The molecule has 0 fully saturated rings. The maximum absolute atomic E-state index is 12.7. The zero-order chi connectivity index (χ0) is 22.3. The molecule has 0 spiro atoms. The van der Waals surface area contributed by atoms with Gasteiger partial charge in [0.2, 0.25) is 15.9 Å². The highest BCUT2D eigenvalue weighted by molar-refractivity contribution is 7.92. The summed E-state index contributed by atoms with van der Waals surface area (Å²) in [6.07, 6.45) is 0.276. The van der Waals surface area contributed by atoms with E-state index in [9.17, 15) is 22.8 Å². The molecule has 160 valence electrons. The molecule has 0 aliphatic heterocycles. The van der Waals surface area contributed by atoms with Crippen molar-refractivity contribution < 1.29 is 32.3 Å². The molecule has 2 aromatic carbocycles. The van der Waals surface area contributed by atoms with Crippen molar-refractivity contribution in [2.24, 2.45) is 0 Å². The first-order chi connectivity index (χ1) is 14.1. The van der Waals surface area contributed by atoms with Crippen LogP contribution in [0.25, 0.3) is 0 Å². The number of nitrogens with one attached hydrogen (secondary N) is 3. The summed E-state index contributed by atoms with van der Waals surface area (Å²) in [6.45, 7) is 3.15. The molecule has 0 radical (unpaired) electrons. The summed E-state index contributed by atoms with van der Waals surface area (Å²) in [4.78, 5) is 35.5. The molecular formula is C19H21N3O7S. The lowest BCUT2D eigenvalue weighted by Gasteiger charge is -2.13. The zero-order valence-corrected chi connectivity index (χ0v) is 17.3. The van der Waals surface area contributed by atoms with Crippen molar-refractivity contribution in [3.05, 3.63) is 48.0 Å². The van der Waals surface area contributed by atoms with Gasteiger partial charge >= 0.3 is 12.1 Å². The van der Waals surface area contributed by atoms with Crippen LogP contribution in [0.15, 0.2) is 42.5 Å². The number of esters is 1. The van der Waals surface area contributed by atoms with Gasteiger partial charge in [-0.3, -0.25) is 14.8 Å². The predicted molar refractivity (Wildman–Crippen MR) is 111 cm³/mol. The summed E-state index contributed by atoms with van der Waals surface area (Å²) < 4.78 is 35.6. The Morgan fingerprint density at radius 3 is 2.33 bits per heavy atom. The smallest absolute Gasteiger partial charge is 0.411 e. The lowest BCUT2D eigenvalue weighted by Crippen LogP contribution is -2.17. The third kappa shape index (κ3) is 7.09. The van der Waals surface area contributed by atoms with Crippen LogP contribution in [0.2, 0.25) is 0 Å². The molecular weight excluding hydrogens is 414 g/mol. The maximum atomic E-state index is 12.7. The summed E-state index contributed by atoms with van der Waals surface area (Å²) in [6, 6.07) is 10.1. The molecule has 11 heteroatoms. The second-order valence-electron chi connectivity index (χ2n) is 6.08. The van der Waals surface area contributed by atoms with Crippen LogP contribution in [-0.4, -0.2) is 39.3 Å². The van der Waals surface area contributed by atoms with Crippen LogP contribution in [-0.2, 0) is 19.6 Å². The number of amides is 2. The van der Waals surface area contributed by atoms with Gasteiger partial charge in [-0.2, -0.15) is 0 Å². The molecule has 0 aliphatic carbocycles. The van der Waals surface area contributed by atoms with Gasteiger partial charge < -0.3 is 14.8 Å². The van der Waals surface area contributed by atoms with Crippen molar-refractivity contribution >= 4 is 45.1 Å². The first-order valence-electron chi connectivity index (χ1n) is 8.73. The van der Waals surface area contributed by atoms with Gasteiger partial charge in [-0.05, 0) is 37.3 Å². The second-order valence-corrected chi connectivity index (χ2v) is 7.83. The molecule has 0 bridgehead atoms. The number of hydrogen-bond donors (Lipinski definition) is 3. The summed E-state index contributed by atoms with van der Waals surface area (Å²) in [5, 5.41) is 4.99. The van der Waals surface area contributed by atoms with E-state index in [1.54, 1.807) is 19.1 Å². The lowest BCUT2D eigenvalue weighted by atomic mass is 10.1. The Labute approximate surface area is 173 Å². The van der Waals surface area contributed by atoms with E-state index in [0.717, 1.165) is 6.26 Å². The van der Waals surface area contributed by atoms with Gasteiger partial charge in [0, 0.05) is 24.4 Å². The first kappa shape index (κ1) is 22.7. The van der Waals surface area contributed by atoms with Crippen molar-refractivity contribution in [2.45, 2.75) is 13.8 Å². The molecule has 30 heavy (non-hydrogen) atoms. The minimum Gasteiger partial charge on any atom is -0.450 e. The van der Waals surface area contributed by atoms with Crippen LogP contribution in [0, 0.1) is 0 Å². The highest BCUT2D eigenvalue weighted by atomic mass is 32.2. The van der Waals surface area contributed by atoms with Crippen molar-refractivity contribution in [2.75, 3.05) is 28.2 Å². The van der Waals surface area contributed by atoms with Crippen molar-refractivity contribution in [3.8, 4) is 5.75 Å². The minimum absolute atomic E-state index is 0.0163. The van der Waals surface area contributed by atoms with Crippen LogP contribution >= 0.6 is 0 Å². The first-order valence-corrected chi connectivity index (χ1v) is 10.6. The average Bonchev–Trinajstić information content (AvgIpc) is 2.61. The number of rotatable bonds is 7. The lowest BCUT2D eigenvalue weighted by molar-refractivity contribution is -0.114.